The van der Waals surface area contributed by atoms with E-state index >= 15 is 0 Å². The zero-order chi connectivity index (χ0) is 11.1. The maximum atomic E-state index is 6.16. The van der Waals surface area contributed by atoms with E-state index in [2.05, 4.69) is 11.8 Å². The van der Waals surface area contributed by atoms with Gasteiger partial charge in [-0.25, -0.2) is 0 Å². The standard InChI is InChI=1S/C13H24N2O/c1-9-13(5-6-16-9)15-11-3-2-4-12(15)8-10(14)7-11/h9-13H,2-8,14H2,1H3. The summed E-state index contributed by atoms with van der Waals surface area (Å²) >= 11 is 0. The topological polar surface area (TPSA) is 38.5 Å². The van der Waals surface area contributed by atoms with Crippen LogP contribution in [0.1, 0.15) is 45.4 Å². The molecule has 3 aliphatic heterocycles. The molecule has 0 spiro atoms. The summed E-state index contributed by atoms with van der Waals surface area (Å²) in [6.45, 7) is 3.19. The molecule has 3 rings (SSSR count). The first-order valence-corrected chi connectivity index (χ1v) is 6.90. The van der Waals surface area contributed by atoms with Crippen molar-refractivity contribution in [2.75, 3.05) is 6.61 Å². The predicted molar refractivity (Wildman–Crippen MR) is 64.3 cm³/mol. The van der Waals surface area contributed by atoms with Crippen molar-refractivity contribution in [3.63, 3.8) is 0 Å². The van der Waals surface area contributed by atoms with Crippen LogP contribution in [0.4, 0.5) is 0 Å². The van der Waals surface area contributed by atoms with Crippen molar-refractivity contribution >= 4 is 0 Å². The molecule has 0 aromatic carbocycles. The van der Waals surface area contributed by atoms with Gasteiger partial charge in [0.1, 0.15) is 0 Å². The van der Waals surface area contributed by atoms with Crippen LogP contribution in [-0.2, 0) is 4.74 Å². The molecular weight excluding hydrogens is 200 g/mol. The highest BCUT2D eigenvalue weighted by Gasteiger charge is 2.43. The molecule has 3 heteroatoms. The largest absolute Gasteiger partial charge is 0.377 e. The fourth-order valence-corrected chi connectivity index (χ4v) is 4.11. The van der Waals surface area contributed by atoms with Gasteiger partial charge in [0.15, 0.2) is 0 Å². The minimum atomic E-state index is 0.428. The lowest BCUT2D eigenvalue weighted by Crippen LogP contribution is -2.60. The maximum absolute atomic E-state index is 6.16. The molecule has 3 saturated heterocycles. The fourth-order valence-electron chi connectivity index (χ4n) is 4.11. The van der Waals surface area contributed by atoms with Gasteiger partial charge in [-0.1, -0.05) is 6.42 Å². The van der Waals surface area contributed by atoms with E-state index in [1.807, 2.05) is 0 Å². The first kappa shape index (κ1) is 11.0. The van der Waals surface area contributed by atoms with Gasteiger partial charge in [-0.15, -0.1) is 0 Å². The third kappa shape index (κ3) is 1.79. The molecule has 16 heavy (non-hydrogen) atoms. The summed E-state index contributed by atoms with van der Waals surface area (Å²) in [6.07, 6.45) is 8.18. The molecule has 4 unspecified atom stereocenters. The van der Waals surface area contributed by atoms with E-state index in [-0.39, 0.29) is 0 Å². The normalized spacial score (nSPS) is 49.5. The number of nitrogens with zero attached hydrogens (tertiary/aromatic N) is 1. The van der Waals surface area contributed by atoms with Gasteiger partial charge in [-0.05, 0) is 39.0 Å². The van der Waals surface area contributed by atoms with Crippen molar-refractivity contribution < 1.29 is 4.74 Å². The Balaban J connectivity index is 1.78. The van der Waals surface area contributed by atoms with Crippen molar-refractivity contribution in [1.82, 2.24) is 4.90 Å². The summed E-state index contributed by atoms with van der Waals surface area (Å²) in [4.78, 5) is 2.78. The third-order valence-corrected chi connectivity index (χ3v) is 4.79. The monoisotopic (exact) mass is 224 g/mol. The molecule has 0 aromatic heterocycles. The number of fused-ring (bicyclic) bond motifs is 2. The minimum absolute atomic E-state index is 0.428. The number of ether oxygens (including phenoxy) is 1. The summed E-state index contributed by atoms with van der Waals surface area (Å²) in [5.41, 5.74) is 6.16. The Morgan fingerprint density at radius 1 is 1.12 bits per heavy atom. The van der Waals surface area contributed by atoms with Gasteiger partial charge >= 0.3 is 0 Å². The average molecular weight is 224 g/mol. The number of rotatable bonds is 1. The molecule has 3 aliphatic rings. The van der Waals surface area contributed by atoms with Crippen LogP contribution >= 0.6 is 0 Å². The first-order chi connectivity index (χ1) is 7.75. The molecule has 0 saturated carbocycles. The zero-order valence-corrected chi connectivity index (χ0v) is 10.3. The van der Waals surface area contributed by atoms with Crippen LogP contribution in [0.5, 0.6) is 0 Å². The second-order valence-corrected chi connectivity index (χ2v) is 5.85. The van der Waals surface area contributed by atoms with Gasteiger partial charge < -0.3 is 10.5 Å². The number of piperidine rings is 2. The van der Waals surface area contributed by atoms with Crippen molar-refractivity contribution in [2.45, 2.75) is 75.7 Å². The molecule has 3 nitrogen and oxygen atoms in total. The quantitative estimate of drug-likeness (QED) is 0.733. The van der Waals surface area contributed by atoms with Crippen LogP contribution in [-0.4, -0.2) is 41.8 Å². The van der Waals surface area contributed by atoms with Crippen molar-refractivity contribution in [1.29, 1.82) is 0 Å². The molecule has 0 amide bonds. The van der Waals surface area contributed by atoms with Gasteiger partial charge in [0.2, 0.25) is 0 Å². The van der Waals surface area contributed by atoms with E-state index in [1.165, 1.54) is 38.5 Å². The Morgan fingerprint density at radius 3 is 2.38 bits per heavy atom. The van der Waals surface area contributed by atoms with Gasteiger partial charge in [0.25, 0.3) is 0 Å². The smallest absolute Gasteiger partial charge is 0.0703 e. The summed E-state index contributed by atoms with van der Waals surface area (Å²) < 4.78 is 5.74. The van der Waals surface area contributed by atoms with Crippen LogP contribution < -0.4 is 5.73 Å². The molecule has 3 heterocycles. The third-order valence-electron chi connectivity index (χ3n) is 4.79. The Kier molecular flexibility index (Phi) is 2.94. The molecule has 2 bridgehead atoms. The molecule has 0 aromatic rings. The Hall–Kier alpha value is -0.120. The van der Waals surface area contributed by atoms with Crippen LogP contribution in [0, 0.1) is 0 Å². The van der Waals surface area contributed by atoms with E-state index in [0.29, 0.717) is 18.2 Å². The van der Waals surface area contributed by atoms with Gasteiger partial charge in [-0.2, -0.15) is 0 Å². The first-order valence-electron chi connectivity index (χ1n) is 6.90. The zero-order valence-electron chi connectivity index (χ0n) is 10.3. The molecule has 4 atom stereocenters. The Labute approximate surface area is 98.3 Å². The molecule has 0 radical (unpaired) electrons. The van der Waals surface area contributed by atoms with Crippen molar-refractivity contribution in [3.05, 3.63) is 0 Å². The number of nitrogens with two attached hydrogens (primary N) is 1. The van der Waals surface area contributed by atoms with Gasteiger partial charge in [0.05, 0.1) is 6.10 Å². The predicted octanol–water partition coefficient (Wildman–Crippen LogP) is 1.51. The molecule has 3 fully saturated rings. The van der Waals surface area contributed by atoms with Gasteiger partial charge in [0, 0.05) is 30.8 Å². The summed E-state index contributed by atoms with van der Waals surface area (Å²) in [5.74, 6) is 0. The number of hydrogen-bond donors (Lipinski definition) is 1. The lowest BCUT2D eigenvalue weighted by atomic mass is 9.80. The van der Waals surface area contributed by atoms with Gasteiger partial charge in [-0.3, -0.25) is 4.90 Å². The summed E-state index contributed by atoms with van der Waals surface area (Å²) in [7, 11) is 0. The highest BCUT2D eigenvalue weighted by atomic mass is 16.5. The van der Waals surface area contributed by atoms with E-state index in [0.717, 1.165) is 18.7 Å². The molecule has 92 valence electrons. The van der Waals surface area contributed by atoms with E-state index in [1.54, 1.807) is 0 Å². The van der Waals surface area contributed by atoms with Crippen molar-refractivity contribution in [3.8, 4) is 0 Å². The highest BCUT2D eigenvalue weighted by molar-refractivity contribution is 4.99. The fraction of sp³-hybridized carbons (Fsp3) is 1.00. The molecule has 2 N–H and O–H groups in total. The number of hydrogen-bond acceptors (Lipinski definition) is 3. The van der Waals surface area contributed by atoms with E-state index in [4.69, 9.17) is 10.5 Å². The average Bonchev–Trinajstić information content (AvgIpc) is 2.63. The lowest BCUT2D eigenvalue weighted by molar-refractivity contribution is -0.0288. The highest BCUT2D eigenvalue weighted by Crippen LogP contribution is 2.38. The van der Waals surface area contributed by atoms with Crippen LogP contribution in [0.15, 0.2) is 0 Å². The molecular formula is C13H24N2O. The second kappa shape index (κ2) is 4.28. The minimum Gasteiger partial charge on any atom is -0.377 e. The Bertz CT molecular complexity index is 244. The lowest BCUT2D eigenvalue weighted by Gasteiger charge is -2.51. The summed E-state index contributed by atoms with van der Waals surface area (Å²) in [5, 5.41) is 0. The second-order valence-electron chi connectivity index (χ2n) is 5.85. The van der Waals surface area contributed by atoms with Crippen molar-refractivity contribution in [2.24, 2.45) is 5.73 Å². The van der Waals surface area contributed by atoms with E-state index < -0.39 is 0 Å². The van der Waals surface area contributed by atoms with Crippen LogP contribution in [0.25, 0.3) is 0 Å². The maximum Gasteiger partial charge on any atom is 0.0703 e. The Morgan fingerprint density at radius 2 is 1.81 bits per heavy atom. The van der Waals surface area contributed by atoms with Crippen LogP contribution in [0.2, 0.25) is 0 Å². The summed E-state index contributed by atoms with van der Waals surface area (Å²) in [6, 6.07) is 2.61. The molecule has 0 aliphatic carbocycles. The van der Waals surface area contributed by atoms with Crippen LogP contribution in [0.3, 0.4) is 0 Å². The SMILES string of the molecule is CC1OCCC1N1C2CCCC1CC(N)C2. The van der Waals surface area contributed by atoms with E-state index in [9.17, 15) is 0 Å².